The number of aryl methyl sites for hydroxylation is 1. The van der Waals surface area contributed by atoms with Gasteiger partial charge >= 0.3 is 12.3 Å². The SMILES string of the molecule is Cc1nc([C@@H]2OC3COC(c4ccccc4)O[C@@H]3C(NNC(=O)OC(C)(C)C)C2O)n(-c2cc(Br)c(F)cc2C(F)(F)F)n1. The number of aromatic nitrogens is 3. The number of ether oxygens (including phenoxy) is 4. The van der Waals surface area contributed by atoms with Gasteiger partial charge in [0.15, 0.2) is 12.1 Å². The molecule has 6 atom stereocenters. The zero-order valence-electron chi connectivity index (χ0n) is 23.9. The molecule has 0 aliphatic carbocycles. The molecule has 4 unspecified atom stereocenters. The molecule has 2 fully saturated rings. The summed E-state index contributed by atoms with van der Waals surface area (Å²) in [6.07, 6.45) is -11.4. The Morgan fingerprint density at radius 1 is 1.16 bits per heavy atom. The topological polar surface area (TPSA) is 129 Å². The number of alkyl halides is 3. The molecule has 2 aliphatic heterocycles. The van der Waals surface area contributed by atoms with E-state index in [0.29, 0.717) is 11.6 Å². The third-order valence-corrected chi connectivity index (χ3v) is 7.40. The van der Waals surface area contributed by atoms with Crippen molar-refractivity contribution in [1.29, 1.82) is 0 Å². The van der Waals surface area contributed by atoms with Gasteiger partial charge in [0.1, 0.15) is 41.7 Å². The first kappa shape index (κ1) is 32.2. The average Bonchev–Trinajstić information content (AvgIpc) is 3.33. The van der Waals surface area contributed by atoms with Crippen LogP contribution in [0.5, 0.6) is 0 Å². The van der Waals surface area contributed by atoms with E-state index in [1.807, 2.05) is 6.07 Å². The molecule has 44 heavy (non-hydrogen) atoms. The molecule has 0 saturated carbocycles. The highest BCUT2D eigenvalue weighted by atomic mass is 79.9. The standard InChI is InChI=1S/C28H30BrF4N5O6/c1-13-34-24(38(37-13)18-11-16(29)17(30)10-15(18)28(31,32)33)23-21(39)20(35-36-26(40)44-27(2,3)4)22-19(42-23)12-41-25(43-22)14-8-6-5-7-9-14/h5-11,19-23,25,35,39H,12H2,1-4H3,(H,36,40)/t19?,20?,21?,22-,23+,25?/m0/s1. The Labute approximate surface area is 257 Å². The minimum atomic E-state index is -4.95. The maximum absolute atomic E-state index is 14.2. The third-order valence-electron chi connectivity index (χ3n) is 6.79. The number of hydrazine groups is 1. The molecule has 2 saturated heterocycles. The van der Waals surface area contributed by atoms with E-state index in [2.05, 4.69) is 36.9 Å². The van der Waals surface area contributed by atoms with Gasteiger partial charge in [-0.2, -0.15) is 18.3 Å². The monoisotopic (exact) mass is 687 g/mol. The highest BCUT2D eigenvalue weighted by Gasteiger charge is 2.52. The van der Waals surface area contributed by atoms with Crippen molar-refractivity contribution in [2.24, 2.45) is 0 Å². The lowest BCUT2D eigenvalue weighted by Gasteiger charge is -2.48. The van der Waals surface area contributed by atoms with E-state index < -0.39 is 71.7 Å². The maximum Gasteiger partial charge on any atom is 0.422 e. The highest BCUT2D eigenvalue weighted by molar-refractivity contribution is 9.10. The van der Waals surface area contributed by atoms with Crippen LogP contribution < -0.4 is 10.9 Å². The molecule has 1 aromatic heterocycles. The molecule has 1 amide bonds. The number of benzene rings is 2. The molecular weight excluding hydrogens is 658 g/mol. The number of amides is 1. The first-order valence-electron chi connectivity index (χ1n) is 13.5. The number of halogens is 5. The summed E-state index contributed by atoms with van der Waals surface area (Å²) in [4.78, 5) is 16.8. The minimum absolute atomic E-state index is 0.0406. The molecule has 3 N–H and O–H groups in total. The summed E-state index contributed by atoms with van der Waals surface area (Å²) in [7, 11) is 0. The fraction of sp³-hybridized carbons (Fsp3) is 0.464. The van der Waals surface area contributed by atoms with E-state index in [4.69, 9.17) is 18.9 Å². The van der Waals surface area contributed by atoms with E-state index in [1.54, 1.807) is 45.0 Å². The molecular formula is C28H30BrF4N5O6. The number of aliphatic hydroxyl groups excluding tert-OH is 1. The van der Waals surface area contributed by atoms with Gasteiger partial charge < -0.3 is 24.1 Å². The van der Waals surface area contributed by atoms with Crippen LogP contribution in [0, 0.1) is 12.7 Å². The van der Waals surface area contributed by atoms with Gasteiger partial charge in [0.25, 0.3) is 0 Å². The number of aliphatic hydroxyl groups is 1. The smallest absolute Gasteiger partial charge is 0.422 e. The Kier molecular flexibility index (Phi) is 9.04. The Balaban J connectivity index is 1.52. The molecule has 0 spiro atoms. The van der Waals surface area contributed by atoms with Gasteiger partial charge in [-0.3, -0.25) is 5.43 Å². The second kappa shape index (κ2) is 12.3. The molecule has 3 aromatic rings. The molecule has 3 heterocycles. The zero-order valence-corrected chi connectivity index (χ0v) is 25.5. The fourth-order valence-corrected chi connectivity index (χ4v) is 5.31. The van der Waals surface area contributed by atoms with E-state index in [0.717, 1.165) is 10.7 Å². The molecule has 5 rings (SSSR count). The van der Waals surface area contributed by atoms with Crippen LogP contribution in [0.2, 0.25) is 0 Å². The predicted molar refractivity (Wildman–Crippen MR) is 149 cm³/mol. The Hall–Kier alpha value is -3.15. The van der Waals surface area contributed by atoms with Crippen molar-refractivity contribution in [2.75, 3.05) is 6.61 Å². The van der Waals surface area contributed by atoms with Gasteiger partial charge in [0.05, 0.1) is 28.4 Å². The number of nitrogens with one attached hydrogen (secondary N) is 2. The quantitative estimate of drug-likeness (QED) is 0.256. The summed E-state index contributed by atoms with van der Waals surface area (Å²) < 4.78 is 80.5. The number of hydrogen-bond acceptors (Lipinski definition) is 9. The summed E-state index contributed by atoms with van der Waals surface area (Å²) >= 11 is 2.94. The lowest BCUT2D eigenvalue weighted by molar-refractivity contribution is -0.313. The maximum atomic E-state index is 14.2. The van der Waals surface area contributed by atoms with Crippen molar-refractivity contribution in [2.45, 2.75) is 76.2 Å². The largest absolute Gasteiger partial charge is 0.443 e. The van der Waals surface area contributed by atoms with Crippen LogP contribution in [0.25, 0.3) is 5.69 Å². The number of fused-ring (bicyclic) bond motifs is 1. The van der Waals surface area contributed by atoms with E-state index >= 15 is 0 Å². The van der Waals surface area contributed by atoms with Crippen molar-refractivity contribution >= 4 is 22.0 Å². The number of hydrogen-bond donors (Lipinski definition) is 3. The minimum Gasteiger partial charge on any atom is -0.443 e. The van der Waals surface area contributed by atoms with Crippen LogP contribution >= 0.6 is 15.9 Å². The van der Waals surface area contributed by atoms with Crippen LogP contribution in [0.15, 0.2) is 46.9 Å². The van der Waals surface area contributed by atoms with Gasteiger partial charge in [-0.15, -0.1) is 0 Å². The summed E-state index contributed by atoms with van der Waals surface area (Å²) in [5, 5.41) is 15.8. The molecule has 11 nitrogen and oxygen atoms in total. The average molecular weight is 688 g/mol. The van der Waals surface area contributed by atoms with Gasteiger partial charge in [0.2, 0.25) is 0 Å². The Morgan fingerprint density at radius 3 is 2.52 bits per heavy atom. The second-order valence-electron chi connectivity index (χ2n) is 11.3. The lowest BCUT2D eigenvalue weighted by atomic mass is 9.91. The molecule has 0 radical (unpaired) electrons. The van der Waals surface area contributed by atoms with Crippen LogP contribution in [0.3, 0.4) is 0 Å². The lowest BCUT2D eigenvalue weighted by Crippen LogP contribution is -2.66. The zero-order chi connectivity index (χ0) is 32.0. The van der Waals surface area contributed by atoms with Crippen molar-refractivity contribution in [3.05, 3.63) is 75.5 Å². The van der Waals surface area contributed by atoms with Crippen molar-refractivity contribution in [3.63, 3.8) is 0 Å². The number of carbonyl (C=O) groups is 1. The number of carbonyl (C=O) groups excluding carboxylic acids is 1. The molecule has 2 aliphatic rings. The second-order valence-corrected chi connectivity index (χ2v) is 12.1. The summed E-state index contributed by atoms with van der Waals surface area (Å²) in [5.74, 6) is -1.27. The van der Waals surface area contributed by atoms with E-state index in [-0.39, 0.29) is 22.7 Å². The summed E-state index contributed by atoms with van der Waals surface area (Å²) in [5.41, 5.74) is 3.16. The van der Waals surface area contributed by atoms with Gasteiger partial charge in [-0.25, -0.2) is 24.3 Å². The van der Waals surface area contributed by atoms with Crippen LogP contribution in [0.1, 0.15) is 55.9 Å². The fourth-order valence-electron chi connectivity index (χ4n) is 4.97. The van der Waals surface area contributed by atoms with Gasteiger partial charge in [-0.1, -0.05) is 30.3 Å². The van der Waals surface area contributed by atoms with Crippen LogP contribution in [-0.4, -0.2) is 62.5 Å². The number of rotatable bonds is 5. The first-order valence-corrected chi connectivity index (χ1v) is 14.3. The van der Waals surface area contributed by atoms with Crippen molar-refractivity contribution in [1.82, 2.24) is 25.6 Å². The van der Waals surface area contributed by atoms with Crippen LogP contribution in [-0.2, 0) is 25.1 Å². The first-order chi connectivity index (χ1) is 20.6. The molecule has 16 heteroatoms. The number of nitrogens with zero attached hydrogens (tertiary/aromatic N) is 3. The predicted octanol–water partition coefficient (Wildman–Crippen LogP) is 4.81. The van der Waals surface area contributed by atoms with Crippen molar-refractivity contribution in [3.8, 4) is 5.69 Å². The third kappa shape index (κ3) is 6.89. The Bertz CT molecular complexity index is 1500. The van der Waals surface area contributed by atoms with Crippen LogP contribution in [0.4, 0.5) is 22.4 Å². The Morgan fingerprint density at radius 2 is 1.86 bits per heavy atom. The normalized spacial score (nSPS) is 25.8. The summed E-state index contributed by atoms with van der Waals surface area (Å²) in [6, 6.07) is 9.17. The molecule has 0 bridgehead atoms. The van der Waals surface area contributed by atoms with Gasteiger partial charge in [0, 0.05) is 5.56 Å². The highest BCUT2D eigenvalue weighted by Crippen LogP contribution is 2.41. The molecule has 238 valence electrons. The van der Waals surface area contributed by atoms with E-state index in [1.165, 1.54) is 6.92 Å². The van der Waals surface area contributed by atoms with E-state index in [9.17, 15) is 27.5 Å². The van der Waals surface area contributed by atoms with Crippen molar-refractivity contribution < 1.29 is 46.4 Å². The molecule has 2 aromatic carbocycles. The summed E-state index contributed by atoms with van der Waals surface area (Å²) in [6.45, 7) is 6.42. The van der Waals surface area contributed by atoms with Gasteiger partial charge in [-0.05, 0) is 55.8 Å².